The molecule has 3 aromatic heterocycles. The first kappa shape index (κ1) is 16.4. The first-order chi connectivity index (χ1) is 11.1. The third-order valence-electron chi connectivity index (χ3n) is 3.49. The van der Waals surface area contributed by atoms with E-state index in [-0.39, 0.29) is 12.6 Å². The van der Waals surface area contributed by atoms with E-state index in [1.165, 1.54) is 4.88 Å². The summed E-state index contributed by atoms with van der Waals surface area (Å²) in [6.45, 7) is 2.60. The molecule has 0 bridgehead atoms. The van der Waals surface area contributed by atoms with Crippen LogP contribution in [-0.2, 0) is 13.0 Å². The van der Waals surface area contributed by atoms with E-state index in [4.69, 9.17) is 15.3 Å². The third kappa shape index (κ3) is 3.58. The number of nitrogens with two attached hydrogens (primary N) is 1. The maximum absolute atomic E-state index is 9.14. The van der Waals surface area contributed by atoms with Gasteiger partial charge in [0.25, 0.3) is 0 Å². The number of anilines is 1. The van der Waals surface area contributed by atoms with Gasteiger partial charge < -0.3 is 20.6 Å². The van der Waals surface area contributed by atoms with Gasteiger partial charge in [-0.15, -0.1) is 11.3 Å². The average molecular weight is 396 g/mol. The summed E-state index contributed by atoms with van der Waals surface area (Å²) in [7, 11) is 0. The summed E-state index contributed by atoms with van der Waals surface area (Å²) in [5.41, 5.74) is 9.12. The molecule has 0 radical (unpaired) electrons. The van der Waals surface area contributed by atoms with Gasteiger partial charge in [0, 0.05) is 29.6 Å². The Labute approximate surface area is 146 Å². The molecule has 7 heteroatoms. The van der Waals surface area contributed by atoms with Crippen LogP contribution in [0.1, 0.15) is 16.3 Å². The second-order valence-corrected chi connectivity index (χ2v) is 7.23. The summed E-state index contributed by atoms with van der Waals surface area (Å²) in [6, 6.07) is 5.75. The Morgan fingerprint density at radius 3 is 3.04 bits per heavy atom. The van der Waals surface area contributed by atoms with Crippen molar-refractivity contribution in [2.24, 2.45) is 5.73 Å². The minimum Gasteiger partial charge on any atom is -0.456 e. The minimum atomic E-state index is -0.351. The molecule has 0 aliphatic rings. The zero-order chi connectivity index (χ0) is 16.4. The molecule has 0 unspecified atom stereocenters. The predicted molar refractivity (Wildman–Crippen MR) is 96.9 cm³/mol. The second kappa shape index (κ2) is 7.00. The molecule has 3 aromatic rings. The summed E-state index contributed by atoms with van der Waals surface area (Å²) in [5.74, 6) is 0.707. The number of rotatable bonds is 6. The standard InChI is InChI=1S/C16H18BrN3O2S/c1-9-5-12(19-7-11-3-2-4-23-11)16-15(20-9)14(17)13(22-16)6-10(18)8-21/h2-5,10,21H,6-8,18H2,1H3,(H,19,20)/t10-/m1/s1. The molecule has 0 saturated carbocycles. The number of pyridine rings is 1. The lowest BCUT2D eigenvalue weighted by molar-refractivity contribution is 0.260. The smallest absolute Gasteiger partial charge is 0.177 e. The van der Waals surface area contributed by atoms with E-state index in [1.807, 2.05) is 19.1 Å². The highest BCUT2D eigenvalue weighted by Gasteiger charge is 2.19. The van der Waals surface area contributed by atoms with E-state index >= 15 is 0 Å². The van der Waals surface area contributed by atoms with Crippen LogP contribution in [-0.4, -0.2) is 22.7 Å². The number of aliphatic hydroxyl groups excluding tert-OH is 1. The Morgan fingerprint density at radius 1 is 1.52 bits per heavy atom. The van der Waals surface area contributed by atoms with Crippen molar-refractivity contribution in [3.05, 3.63) is 44.4 Å². The SMILES string of the molecule is Cc1cc(NCc2cccs2)c2oc(C[C@@H](N)CO)c(Br)c2n1. The molecule has 23 heavy (non-hydrogen) atoms. The highest BCUT2D eigenvalue weighted by molar-refractivity contribution is 9.10. The molecule has 3 heterocycles. The van der Waals surface area contributed by atoms with Crippen LogP contribution in [0.25, 0.3) is 11.1 Å². The highest BCUT2D eigenvalue weighted by atomic mass is 79.9. The zero-order valence-corrected chi connectivity index (χ0v) is 15.1. The van der Waals surface area contributed by atoms with Crippen LogP contribution in [0.3, 0.4) is 0 Å². The highest BCUT2D eigenvalue weighted by Crippen LogP contribution is 2.35. The summed E-state index contributed by atoms with van der Waals surface area (Å²) in [6.07, 6.45) is 0.455. The van der Waals surface area contributed by atoms with E-state index in [9.17, 15) is 0 Å². The first-order valence-corrected chi connectivity index (χ1v) is 8.97. The molecule has 0 fully saturated rings. The van der Waals surface area contributed by atoms with Crippen molar-refractivity contribution in [3.63, 3.8) is 0 Å². The number of aryl methyl sites for hydroxylation is 1. The number of hydrogen-bond donors (Lipinski definition) is 3. The fourth-order valence-corrected chi connectivity index (χ4v) is 3.53. The molecular weight excluding hydrogens is 378 g/mol. The molecule has 122 valence electrons. The van der Waals surface area contributed by atoms with E-state index in [2.05, 4.69) is 37.7 Å². The summed E-state index contributed by atoms with van der Waals surface area (Å²) in [5, 5.41) is 14.6. The van der Waals surface area contributed by atoms with Crippen LogP contribution in [0.2, 0.25) is 0 Å². The topological polar surface area (TPSA) is 84.3 Å². The van der Waals surface area contributed by atoms with Crippen LogP contribution in [0.15, 0.2) is 32.5 Å². The maximum Gasteiger partial charge on any atom is 0.177 e. The normalized spacial score (nSPS) is 12.7. The van der Waals surface area contributed by atoms with Gasteiger partial charge in [0.05, 0.1) is 16.8 Å². The zero-order valence-electron chi connectivity index (χ0n) is 12.7. The molecule has 5 nitrogen and oxygen atoms in total. The van der Waals surface area contributed by atoms with Gasteiger partial charge in [-0.2, -0.15) is 0 Å². The Morgan fingerprint density at radius 2 is 2.35 bits per heavy atom. The second-order valence-electron chi connectivity index (χ2n) is 5.41. The molecule has 0 amide bonds. The molecule has 0 aromatic carbocycles. The van der Waals surface area contributed by atoms with Crippen LogP contribution in [0.5, 0.6) is 0 Å². The van der Waals surface area contributed by atoms with Crippen molar-refractivity contribution in [1.29, 1.82) is 0 Å². The van der Waals surface area contributed by atoms with Crippen molar-refractivity contribution >= 4 is 44.1 Å². The largest absolute Gasteiger partial charge is 0.456 e. The number of nitrogens with one attached hydrogen (secondary N) is 1. The van der Waals surface area contributed by atoms with Gasteiger partial charge in [-0.25, -0.2) is 4.98 Å². The molecular formula is C16H18BrN3O2S. The maximum atomic E-state index is 9.14. The van der Waals surface area contributed by atoms with Gasteiger partial charge >= 0.3 is 0 Å². The monoisotopic (exact) mass is 395 g/mol. The third-order valence-corrected chi connectivity index (χ3v) is 5.19. The number of aliphatic hydroxyl groups is 1. The number of aromatic nitrogens is 1. The van der Waals surface area contributed by atoms with Crippen molar-refractivity contribution in [2.75, 3.05) is 11.9 Å². The van der Waals surface area contributed by atoms with Crippen LogP contribution >= 0.6 is 27.3 Å². The lowest BCUT2D eigenvalue weighted by Crippen LogP contribution is -2.26. The van der Waals surface area contributed by atoms with E-state index in [0.29, 0.717) is 17.8 Å². The van der Waals surface area contributed by atoms with E-state index in [1.54, 1.807) is 11.3 Å². The van der Waals surface area contributed by atoms with Gasteiger partial charge in [0.15, 0.2) is 5.58 Å². The van der Waals surface area contributed by atoms with Crippen molar-refractivity contribution < 1.29 is 9.52 Å². The van der Waals surface area contributed by atoms with Gasteiger partial charge in [-0.05, 0) is 40.4 Å². The molecule has 0 aliphatic heterocycles. The average Bonchev–Trinajstić information content (AvgIpc) is 3.15. The van der Waals surface area contributed by atoms with Gasteiger partial charge in [-0.3, -0.25) is 0 Å². The Balaban J connectivity index is 1.95. The number of halogens is 1. The summed E-state index contributed by atoms with van der Waals surface area (Å²) >= 11 is 5.26. The van der Waals surface area contributed by atoms with E-state index < -0.39 is 0 Å². The number of fused-ring (bicyclic) bond motifs is 1. The van der Waals surface area contributed by atoms with Gasteiger partial charge in [-0.1, -0.05) is 6.07 Å². The van der Waals surface area contributed by atoms with Crippen molar-refractivity contribution in [2.45, 2.75) is 25.9 Å². The van der Waals surface area contributed by atoms with Gasteiger partial charge in [0.1, 0.15) is 11.3 Å². The molecule has 0 spiro atoms. The quantitative estimate of drug-likeness (QED) is 0.595. The lowest BCUT2D eigenvalue weighted by atomic mass is 10.2. The Kier molecular flexibility index (Phi) is 5.01. The minimum absolute atomic E-state index is 0.0839. The van der Waals surface area contributed by atoms with Crippen LogP contribution in [0.4, 0.5) is 5.69 Å². The molecule has 0 saturated heterocycles. The number of furan rings is 1. The van der Waals surface area contributed by atoms with Crippen molar-refractivity contribution in [3.8, 4) is 0 Å². The number of nitrogens with zero attached hydrogens (tertiary/aromatic N) is 1. The van der Waals surface area contributed by atoms with Crippen molar-refractivity contribution in [1.82, 2.24) is 4.98 Å². The lowest BCUT2D eigenvalue weighted by Gasteiger charge is -2.06. The Hall–Kier alpha value is -1.41. The van der Waals surface area contributed by atoms with Crippen LogP contribution < -0.4 is 11.1 Å². The predicted octanol–water partition coefficient (Wildman–Crippen LogP) is 3.43. The van der Waals surface area contributed by atoms with Crippen LogP contribution in [0, 0.1) is 6.92 Å². The molecule has 3 rings (SSSR count). The molecule has 4 N–H and O–H groups in total. The fourth-order valence-electron chi connectivity index (χ4n) is 2.37. The number of thiophene rings is 1. The van der Waals surface area contributed by atoms with E-state index in [0.717, 1.165) is 27.9 Å². The first-order valence-electron chi connectivity index (χ1n) is 7.29. The fraction of sp³-hybridized carbons (Fsp3) is 0.312. The summed E-state index contributed by atoms with van der Waals surface area (Å²) < 4.78 is 6.77. The Bertz CT molecular complexity index is 801. The van der Waals surface area contributed by atoms with Gasteiger partial charge in [0.2, 0.25) is 0 Å². The molecule has 0 aliphatic carbocycles. The summed E-state index contributed by atoms with van der Waals surface area (Å²) in [4.78, 5) is 5.80. The molecule has 1 atom stereocenters. The number of hydrogen-bond acceptors (Lipinski definition) is 6.